The number of halogens is 2. The third-order valence-corrected chi connectivity index (χ3v) is 6.63. The molecule has 0 aliphatic heterocycles. The lowest BCUT2D eigenvalue weighted by molar-refractivity contribution is -0.116. The molecule has 0 aliphatic carbocycles. The van der Waals surface area contributed by atoms with Gasteiger partial charge in [0.2, 0.25) is 11.9 Å². The Morgan fingerprint density at radius 1 is 1.17 bits per heavy atom. The molecular weight excluding hydrogens is 514 g/mol. The zero-order chi connectivity index (χ0) is 21.7. The number of amides is 1. The van der Waals surface area contributed by atoms with Crippen LogP contribution in [0.15, 0.2) is 33.3 Å². The predicted octanol–water partition coefficient (Wildman–Crippen LogP) is 4.75. The van der Waals surface area contributed by atoms with Crippen molar-refractivity contribution >= 4 is 71.9 Å². The molecule has 0 bridgehead atoms. The largest absolute Gasteiger partial charge is 0.369 e. The van der Waals surface area contributed by atoms with Gasteiger partial charge in [0, 0.05) is 31.9 Å². The molecule has 3 aromatic rings. The van der Waals surface area contributed by atoms with Gasteiger partial charge >= 0.3 is 0 Å². The Bertz CT molecular complexity index is 1020. The van der Waals surface area contributed by atoms with E-state index in [9.17, 15) is 4.79 Å². The molecule has 0 saturated carbocycles. The van der Waals surface area contributed by atoms with Crippen molar-refractivity contribution in [1.82, 2.24) is 15.0 Å². The smallest absolute Gasteiger partial charge is 0.231 e. The number of H-pyrrole nitrogens is 1. The average Bonchev–Trinajstić information content (AvgIpc) is 3.01. The van der Waals surface area contributed by atoms with Gasteiger partial charge in [0.15, 0.2) is 0 Å². The summed E-state index contributed by atoms with van der Waals surface area (Å²) in [6, 6.07) is 7.53. The predicted molar refractivity (Wildman–Crippen MR) is 129 cm³/mol. The summed E-state index contributed by atoms with van der Waals surface area (Å²) < 4.78 is 1.69. The summed E-state index contributed by atoms with van der Waals surface area (Å²) in [5, 5.41) is 7.55. The van der Waals surface area contributed by atoms with Crippen molar-refractivity contribution in [2.45, 2.75) is 26.2 Å². The number of unbranched alkanes of at least 4 members (excludes halogenated alkanes) is 2. The topological polar surface area (TPSA) is 112 Å². The van der Waals surface area contributed by atoms with Crippen LogP contribution in [-0.4, -0.2) is 41.0 Å². The normalized spacial score (nSPS) is 11.0. The Labute approximate surface area is 192 Å². The van der Waals surface area contributed by atoms with Gasteiger partial charge in [-0.2, -0.15) is 9.97 Å². The third-order valence-electron chi connectivity index (χ3n) is 4.71. The molecule has 1 amide bonds. The third kappa shape index (κ3) is 5.30. The van der Waals surface area contributed by atoms with Crippen molar-refractivity contribution in [2.75, 3.05) is 35.7 Å². The number of carbonyl (C=O) groups is 1. The first-order valence-corrected chi connectivity index (χ1v) is 11.3. The molecule has 0 fully saturated rings. The molecule has 10 heteroatoms. The van der Waals surface area contributed by atoms with Gasteiger partial charge in [-0.15, -0.1) is 0 Å². The van der Waals surface area contributed by atoms with Crippen LogP contribution in [0.25, 0.3) is 11.0 Å². The summed E-state index contributed by atoms with van der Waals surface area (Å²) in [5.74, 6) is 1.20. The van der Waals surface area contributed by atoms with Crippen LogP contribution < -0.4 is 21.3 Å². The lowest BCUT2D eigenvalue weighted by Gasteiger charge is -2.15. The summed E-state index contributed by atoms with van der Waals surface area (Å²) in [5.41, 5.74) is 7.93. The molecule has 8 nitrogen and oxygen atoms in total. The van der Waals surface area contributed by atoms with Crippen LogP contribution in [0.4, 0.5) is 23.1 Å². The molecule has 0 radical (unpaired) electrons. The van der Waals surface area contributed by atoms with E-state index in [0.29, 0.717) is 18.1 Å². The average molecular weight is 539 g/mol. The summed E-state index contributed by atoms with van der Waals surface area (Å²) in [6.07, 6.45) is 3.10. The molecule has 160 valence electrons. The zero-order valence-corrected chi connectivity index (χ0v) is 20.1. The lowest BCUT2D eigenvalue weighted by atomic mass is 10.2. The highest BCUT2D eigenvalue weighted by molar-refractivity contribution is 9.13. The van der Waals surface area contributed by atoms with Gasteiger partial charge in [-0.3, -0.25) is 4.79 Å². The van der Waals surface area contributed by atoms with E-state index >= 15 is 0 Å². The molecule has 5 N–H and O–H groups in total. The van der Waals surface area contributed by atoms with Crippen LogP contribution in [-0.2, 0) is 4.79 Å². The second-order valence-corrected chi connectivity index (χ2v) is 8.48. The van der Waals surface area contributed by atoms with E-state index in [1.807, 2.05) is 24.3 Å². The molecule has 0 aliphatic rings. The molecule has 0 saturated heterocycles. The molecule has 0 unspecified atom stereocenters. The van der Waals surface area contributed by atoms with E-state index < -0.39 is 0 Å². The first-order chi connectivity index (χ1) is 14.4. The second-order valence-electron chi connectivity index (χ2n) is 6.90. The van der Waals surface area contributed by atoms with Gasteiger partial charge in [-0.1, -0.05) is 6.42 Å². The van der Waals surface area contributed by atoms with Crippen LogP contribution in [0, 0.1) is 0 Å². The number of carbonyl (C=O) groups excluding carboxylic acids is 1. The van der Waals surface area contributed by atoms with E-state index in [1.165, 1.54) is 6.92 Å². The number of nitrogens with zero attached hydrogens (tertiary/aromatic N) is 3. The molecule has 1 aromatic carbocycles. The van der Waals surface area contributed by atoms with E-state index in [4.69, 9.17) is 5.73 Å². The molecular formula is C20H25Br2N7O. The van der Waals surface area contributed by atoms with E-state index in [2.05, 4.69) is 57.4 Å². The van der Waals surface area contributed by atoms with Crippen molar-refractivity contribution in [3.8, 4) is 0 Å². The maximum Gasteiger partial charge on any atom is 0.231 e. The number of nitrogens with two attached hydrogens (primary N) is 1. The van der Waals surface area contributed by atoms with Crippen LogP contribution in [0.1, 0.15) is 26.2 Å². The fourth-order valence-electron chi connectivity index (χ4n) is 2.94. The van der Waals surface area contributed by atoms with Crippen molar-refractivity contribution in [3.05, 3.63) is 33.3 Å². The maximum absolute atomic E-state index is 11.5. The van der Waals surface area contributed by atoms with Gasteiger partial charge < -0.3 is 26.3 Å². The first kappa shape index (κ1) is 22.5. The minimum atomic E-state index is -0.0189. The maximum atomic E-state index is 11.5. The van der Waals surface area contributed by atoms with Gasteiger partial charge in [0.05, 0.1) is 14.5 Å². The summed E-state index contributed by atoms with van der Waals surface area (Å²) in [6.45, 7) is 3.04. The number of aromatic amines is 1. The van der Waals surface area contributed by atoms with Gasteiger partial charge in [0.1, 0.15) is 11.5 Å². The molecule has 2 heterocycles. The second kappa shape index (κ2) is 10.2. The Kier molecular flexibility index (Phi) is 7.68. The van der Waals surface area contributed by atoms with Crippen LogP contribution >= 0.6 is 31.9 Å². The number of nitrogens with one attached hydrogen (secondary N) is 3. The molecule has 0 atom stereocenters. The number of fused-ring (bicyclic) bond motifs is 1. The molecule has 0 spiro atoms. The Hall–Kier alpha value is -2.17. The van der Waals surface area contributed by atoms with Gasteiger partial charge in [0.25, 0.3) is 0 Å². The van der Waals surface area contributed by atoms with Crippen LogP contribution in [0.5, 0.6) is 0 Å². The first-order valence-electron chi connectivity index (χ1n) is 9.70. The number of hydrogen-bond acceptors (Lipinski definition) is 6. The lowest BCUT2D eigenvalue weighted by Crippen LogP contribution is -2.22. The van der Waals surface area contributed by atoms with E-state index in [-0.39, 0.29) is 5.91 Å². The monoisotopic (exact) mass is 537 g/mol. The highest BCUT2D eigenvalue weighted by atomic mass is 79.9. The van der Waals surface area contributed by atoms with E-state index in [0.717, 1.165) is 57.5 Å². The summed E-state index contributed by atoms with van der Waals surface area (Å²) in [4.78, 5) is 25.6. The fraction of sp³-hybridized carbons (Fsp3) is 0.350. The van der Waals surface area contributed by atoms with Crippen molar-refractivity contribution in [1.29, 1.82) is 0 Å². The Morgan fingerprint density at radius 2 is 1.90 bits per heavy atom. The Balaban J connectivity index is 1.82. The molecule has 3 rings (SSSR count). The summed E-state index contributed by atoms with van der Waals surface area (Å²) >= 11 is 7.10. The number of hydrogen-bond donors (Lipinski definition) is 4. The van der Waals surface area contributed by atoms with Crippen molar-refractivity contribution in [3.63, 3.8) is 0 Å². The number of anilines is 4. The highest BCUT2D eigenvalue weighted by Gasteiger charge is 2.16. The SMILES string of the molecule is CC(=O)N(C)c1ccc(Nc2nc(NCCCCCN)c3c(Br)c(Br)[nH]c3n2)cc1. The van der Waals surface area contributed by atoms with Crippen LogP contribution in [0.3, 0.4) is 0 Å². The molecule has 2 aromatic heterocycles. The van der Waals surface area contributed by atoms with Crippen molar-refractivity contribution < 1.29 is 4.79 Å². The minimum absolute atomic E-state index is 0.0189. The zero-order valence-electron chi connectivity index (χ0n) is 16.9. The highest BCUT2D eigenvalue weighted by Crippen LogP contribution is 2.35. The van der Waals surface area contributed by atoms with Crippen molar-refractivity contribution in [2.24, 2.45) is 5.73 Å². The Morgan fingerprint density at radius 3 is 2.57 bits per heavy atom. The fourth-order valence-corrected chi connectivity index (χ4v) is 3.80. The van der Waals surface area contributed by atoms with Crippen LogP contribution in [0.2, 0.25) is 0 Å². The van der Waals surface area contributed by atoms with Gasteiger partial charge in [-0.25, -0.2) is 0 Å². The quantitative estimate of drug-likeness (QED) is 0.292. The van der Waals surface area contributed by atoms with Gasteiger partial charge in [-0.05, 0) is 75.5 Å². The standard InChI is InChI=1S/C20H25Br2N7O/c1-12(30)29(2)14-8-6-13(7-9-14)25-20-27-18(24-11-5-3-4-10-23)15-16(21)17(22)26-19(15)28-20/h6-9H,3-5,10-11,23H2,1-2H3,(H3,24,25,26,27,28). The minimum Gasteiger partial charge on any atom is -0.369 e. The van der Waals surface area contributed by atoms with E-state index in [1.54, 1.807) is 11.9 Å². The number of benzene rings is 1. The number of rotatable bonds is 9. The number of aromatic nitrogens is 3. The summed E-state index contributed by atoms with van der Waals surface area (Å²) in [7, 11) is 1.74. The molecule has 30 heavy (non-hydrogen) atoms.